The Labute approximate surface area is 170 Å². The summed E-state index contributed by atoms with van der Waals surface area (Å²) in [5.41, 5.74) is -1.26. The molecule has 0 unspecified atom stereocenters. The Morgan fingerprint density at radius 1 is 0.966 bits per heavy atom. The Balaban J connectivity index is 2.02. The van der Waals surface area contributed by atoms with Crippen LogP contribution in [0.3, 0.4) is 0 Å². The van der Waals surface area contributed by atoms with Crippen LogP contribution < -0.4 is 0 Å². The first kappa shape index (κ1) is 19.4. The second-order valence-electron chi connectivity index (χ2n) is 7.76. The van der Waals surface area contributed by atoms with E-state index >= 15 is 0 Å². The van der Waals surface area contributed by atoms with E-state index in [1.807, 2.05) is 60.7 Å². The zero-order valence-electron chi connectivity index (χ0n) is 17.0. The summed E-state index contributed by atoms with van der Waals surface area (Å²) in [5.74, 6) is -0.889. The van der Waals surface area contributed by atoms with Crippen LogP contribution in [0.25, 0.3) is 0 Å². The van der Waals surface area contributed by atoms with Gasteiger partial charge in [0.15, 0.2) is 5.41 Å². The van der Waals surface area contributed by atoms with E-state index in [9.17, 15) is 9.59 Å². The van der Waals surface area contributed by atoms with Gasteiger partial charge in [-0.2, -0.15) is 0 Å². The molecule has 1 aliphatic heterocycles. The van der Waals surface area contributed by atoms with Gasteiger partial charge in [-0.3, -0.25) is 9.59 Å². The molecule has 0 radical (unpaired) electrons. The summed E-state index contributed by atoms with van der Waals surface area (Å²) in [7, 11) is 0. The highest BCUT2D eigenvalue weighted by molar-refractivity contribution is 6.45. The third kappa shape index (κ3) is 2.30. The van der Waals surface area contributed by atoms with Gasteiger partial charge in [0.05, 0.1) is 13.2 Å². The Bertz CT molecular complexity index is 971. The summed E-state index contributed by atoms with van der Waals surface area (Å²) in [6.07, 6.45) is 0.316. The summed E-state index contributed by atoms with van der Waals surface area (Å²) in [5, 5.41) is 0. The van der Waals surface area contributed by atoms with Crippen LogP contribution in [0.15, 0.2) is 65.7 Å². The molecular formula is C24H25NO4. The molecule has 0 bridgehead atoms. The van der Waals surface area contributed by atoms with Crippen LogP contribution in [0.4, 0.5) is 0 Å². The Kier molecular flexibility index (Phi) is 4.56. The van der Waals surface area contributed by atoms with Gasteiger partial charge >= 0.3 is 5.97 Å². The molecule has 5 heteroatoms. The van der Waals surface area contributed by atoms with E-state index in [1.54, 1.807) is 13.8 Å². The number of rotatable bonds is 5. The highest BCUT2D eigenvalue weighted by Gasteiger charge is 2.84. The van der Waals surface area contributed by atoms with E-state index in [-0.39, 0.29) is 18.3 Å². The number of ether oxygens (including phenoxy) is 2. The molecule has 0 aromatic heterocycles. The molecule has 5 nitrogen and oxygen atoms in total. The molecule has 1 aliphatic carbocycles. The standard InChI is InChI=1S/C24H25NO4/c1-4-28-20-19(26)23(21(27)29-5-2)16-22(3,17-12-8-6-9-13-17)24(23,25-20)18-14-10-7-11-15-18/h6-15H,4-5,16H2,1-3H3/t22-,23-,24-/m1/s1. The first-order valence-electron chi connectivity index (χ1n) is 10.0. The molecule has 29 heavy (non-hydrogen) atoms. The van der Waals surface area contributed by atoms with Crippen molar-refractivity contribution in [1.82, 2.24) is 0 Å². The number of carbonyl (C=O) groups is 2. The van der Waals surface area contributed by atoms with Gasteiger partial charge in [-0.1, -0.05) is 67.6 Å². The van der Waals surface area contributed by atoms with Crippen molar-refractivity contribution in [3.05, 3.63) is 71.8 Å². The minimum Gasteiger partial charge on any atom is -0.476 e. The predicted molar refractivity (Wildman–Crippen MR) is 110 cm³/mol. The van der Waals surface area contributed by atoms with Crippen molar-refractivity contribution < 1.29 is 19.1 Å². The lowest BCUT2D eigenvalue weighted by Crippen LogP contribution is -2.72. The molecule has 1 fully saturated rings. The third-order valence-electron chi connectivity index (χ3n) is 6.39. The number of carbonyl (C=O) groups excluding carboxylic acids is 2. The summed E-state index contributed by atoms with van der Waals surface area (Å²) < 4.78 is 11.1. The van der Waals surface area contributed by atoms with Gasteiger partial charge in [-0.05, 0) is 31.4 Å². The van der Waals surface area contributed by atoms with Crippen molar-refractivity contribution in [2.24, 2.45) is 10.4 Å². The highest BCUT2D eigenvalue weighted by atomic mass is 16.5. The number of ketones is 1. The lowest BCUT2D eigenvalue weighted by molar-refractivity contribution is -0.182. The van der Waals surface area contributed by atoms with Crippen LogP contribution in [-0.2, 0) is 30.0 Å². The van der Waals surface area contributed by atoms with E-state index in [2.05, 4.69) is 6.92 Å². The first-order valence-corrected chi connectivity index (χ1v) is 10.0. The Morgan fingerprint density at radius 2 is 1.55 bits per heavy atom. The van der Waals surface area contributed by atoms with Crippen molar-refractivity contribution in [2.75, 3.05) is 13.2 Å². The third-order valence-corrected chi connectivity index (χ3v) is 6.39. The number of benzene rings is 2. The molecule has 2 aromatic rings. The molecule has 150 valence electrons. The van der Waals surface area contributed by atoms with Crippen LogP contribution in [-0.4, -0.2) is 30.9 Å². The molecule has 1 saturated carbocycles. The fourth-order valence-electron chi connectivity index (χ4n) is 5.23. The number of nitrogens with zero attached hydrogens (tertiary/aromatic N) is 1. The SMILES string of the molecule is CCOC(=O)[C@]12C[C@](C)(c3ccccc3)[C@@]1(c1ccccc1)N=C(OCC)C2=O. The van der Waals surface area contributed by atoms with Crippen molar-refractivity contribution >= 4 is 17.7 Å². The number of fused-ring (bicyclic) bond motifs is 1. The van der Waals surface area contributed by atoms with Gasteiger partial charge in [0.1, 0.15) is 5.54 Å². The largest absolute Gasteiger partial charge is 0.476 e. The minimum absolute atomic E-state index is 0.0177. The fourth-order valence-corrected chi connectivity index (χ4v) is 5.23. The normalized spacial score (nSPS) is 30.2. The molecule has 0 saturated heterocycles. The lowest BCUT2D eigenvalue weighted by atomic mass is 9.37. The summed E-state index contributed by atoms with van der Waals surface area (Å²) in [6, 6.07) is 19.5. The van der Waals surface area contributed by atoms with Gasteiger partial charge in [0.25, 0.3) is 5.90 Å². The number of Topliss-reactive ketones (excluding diaryl/α,β-unsaturated/α-hetero) is 1. The quantitative estimate of drug-likeness (QED) is 0.574. The van der Waals surface area contributed by atoms with Crippen LogP contribution in [0, 0.1) is 5.41 Å². The second kappa shape index (κ2) is 6.83. The molecule has 4 rings (SSSR count). The zero-order chi connectivity index (χ0) is 20.7. The van der Waals surface area contributed by atoms with Crippen molar-refractivity contribution in [2.45, 2.75) is 38.1 Å². The van der Waals surface area contributed by atoms with Gasteiger partial charge in [0, 0.05) is 5.41 Å². The smallest absolute Gasteiger partial charge is 0.323 e. The average Bonchev–Trinajstić information content (AvgIpc) is 2.95. The summed E-state index contributed by atoms with van der Waals surface area (Å²) in [4.78, 5) is 31.7. The van der Waals surface area contributed by atoms with Gasteiger partial charge in [0.2, 0.25) is 5.78 Å². The van der Waals surface area contributed by atoms with Crippen LogP contribution >= 0.6 is 0 Å². The van der Waals surface area contributed by atoms with E-state index < -0.39 is 22.3 Å². The van der Waals surface area contributed by atoms with E-state index in [0.29, 0.717) is 13.0 Å². The number of hydrogen-bond donors (Lipinski definition) is 0. The molecular weight excluding hydrogens is 366 g/mol. The van der Waals surface area contributed by atoms with E-state index in [0.717, 1.165) is 11.1 Å². The van der Waals surface area contributed by atoms with Gasteiger partial charge in [-0.15, -0.1) is 0 Å². The van der Waals surface area contributed by atoms with Crippen molar-refractivity contribution in [3.8, 4) is 0 Å². The van der Waals surface area contributed by atoms with E-state index in [1.165, 1.54) is 0 Å². The molecule has 1 heterocycles. The number of hydrogen-bond acceptors (Lipinski definition) is 5. The van der Waals surface area contributed by atoms with Crippen LogP contribution in [0.1, 0.15) is 38.3 Å². The van der Waals surface area contributed by atoms with Crippen LogP contribution in [0.5, 0.6) is 0 Å². The van der Waals surface area contributed by atoms with Crippen LogP contribution in [0.2, 0.25) is 0 Å². The van der Waals surface area contributed by atoms with E-state index in [4.69, 9.17) is 14.5 Å². The second-order valence-corrected chi connectivity index (χ2v) is 7.76. The molecule has 0 spiro atoms. The topological polar surface area (TPSA) is 65.0 Å². The van der Waals surface area contributed by atoms with Gasteiger partial charge in [-0.25, -0.2) is 4.99 Å². The summed E-state index contributed by atoms with van der Waals surface area (Å²) in [6.45, 7) is 6.12. The zero-order valence-corrected chi connectivity index (χ0v) is 17.0. The number of aliphatic imine (C=N–C) groups is 1. The molecule has 0 amide bonds. The molecule has 3 atom stereocenters. The highest BCUT2D eigenvalue weighted by Crippen LogP contribution is 2.73. The average molecular weight is 391 g/mol. The lowest BCUT2D eigenvalue weighted by Gasteiger charge is -2.63. The molecule has 0 N–H and O–H groups in total. The predicted octanol–water partition coefficient (Wildman–Crippen LogP) is 3.81. The first-order chi connectivity index (χ1) is 14.0. The Morgan fingerprint density at radius 3 is 2.10 bits per heavy atom. The summed E-state index contributed by atoms with van der Waals surface area (Å²) >= 11 is 0. The monoisotopic (exact) mass is 391 g/mol. The maximum atomic E-state index is 13.5. The maximum absolute atomic E-state index is 13.5. The molecule has 2 aliphatic rings. The Hall–Kier alpha value is -2.95. The number of esters is 1. The van der Waals surface area contributed by atoms with Crippen molar-refractivity contribution in [1.29, 1.82) is 0 Å². The van der Waals surface area contributed by atoms with Crippen molar-refractivity contribution in [3.63, 3.8) is 0 Å². The molecule has 2 aromatic carbocycles. The maximum Gasteiger partial charge on any atom is 0.323 e. The minimum atomic E-state index is -1.42. The fraction of sp³-hybridized carbons (Fsp3) is 0.375. The van der Waals surface area contributed by atoms with Gasteiger partial charge < -0.3 is 9.47 Å².